The Hall–Kier alpha value is -0.980. The number of hydrogen-bond acceptors (Lipinski definition) is 0. The maximum atomic E-state index is 2.16. The summed E-state index contributed by atoms with van der Waals surface area (Å²) in [6.07, 6.45) is 7.43. The van der Waals surface area contributed by atoms with Crippen molar-refractivity contribution >= 4 is 6.20 Å². The quantitative estimate of drug-likeness (QED) is 0.473. The van der Waals surface area contributed by atoms with Crippen LogP contribution in [0.2, 0.25) is 0 Å². The summed E-state index contributed by atoms with van der Waals surface area (Å²) in [5, 5.41) is 0. The van der Waals surface area contributed by atoms with E-state index in [4.69, 9.17) is 0 Å². The lowest BCUT2D eigenvalue weighted by molar-refractivity contribution is 1.09. The van der Waals surface area contributed by atoms with Gasteiger partial charge in [-0.2, -0.15) is 0 Å². The molecule has 1 heteroatoms. The van der Waals surface area contributed by atoms with Gasteiger partial charge in [0, 0.05) is 24.5 Å². The van der Waals surface area contributed by atoms with Crippen molar-refractivity contribution in [3.63, 3.8) is 0 Å². The first-order valence-electron chi connectivity index (χ1n) is 2.79. The predicted octanol–water partition coefficient (Wildman–Crippen LogP) is 1.63. The molecule has 0 saturated carbocycles. The number of hydrogen-bond donors (Lipinski definition) is 0. The van der Waals surface area contributed by atoms with E-state index in [9.17, 15) is 0 Å². The molecule has 0 atom stereocenters. The molecule has 0 radical (unpaired) electrons. The first kappa shape index (κ1) is 3.96. The Bertz CT molecular complexity index is 225. The summed E-state index contributed by atoms with van der Waals surface area (Å²) in [7, 11) is 0. The molecule has 0 unspecified atom stereocenters. The summed E-state index contributed by atoms with van der Waals surface area (Å²) in [5.41, 5.74) is 1.39. The van der Waals surface area contributed by atoms with E-state index in [0.717, 1.165) is 6.42 Å². The molecule has 8 heavy (non-hydrogen) atoms. The third kappa shape index (κ3) is 0.360. The molecule has 0 fully saturated rings. The highest BCUT2D eigenvalue weighted by atomic mass is 15.0. The van der Waals surface area contributed by atoms with Crippen LogP contribution in [0.4, 0.5) is 0 Å². The molecule has 0 spiro atoms. The zero-order valence-electron chi connectivity index (χ0n) is 5.54. The fraction of sp³-hybridized carbons (Fsp3) is 0.143. The molecule has 0 bridgehead atoms. The van der Waals surface area contributed by atoms with Gasteiger partial charge in [0.2, 0.25) is 0 Å². The molecule has 0 saturated heterocycles. The van der Waals surface area contributed by atoms with E-state index in [1.165, 1.54) is 5.69 Å². The summed E-state index contributed by atoms with van der Waals surface area (Å²) in [4.78, 5) is 0. The SMILES string of the molecule is C1=Cn2cccc2C1.[H+]. The lowest BCUT2D eigenvalue weighted by atomic mass is 10.3. The molecule has 0 aliphatic carbocycles. The third-order valence-corrected chi connectivity index (χ3v) is 1.46. The van der Waals surface area contributed by atoms with Crippen molar-refractivity contribution in [1.82, 2.24) is 4.57 Å². The Morgan fingerprint density at radius 1 is 1.62 bits per heavy atom. The second-order valence-corrected chi connectivity index (χ2v) is 2.00. The average Bonchev–Trinajstić information content (AvgIpc) is 2.15. The Kier molecular flexibility index (Phi) is 0.618. The highest BCUT2D eigenvalue weighted by Gasteiger charge is 1.99. The zero-order valence-corrected chi connectivity index (χ0v) is 4.54. The van der Waals surface area contributed by atoms with Gasteiger partial charge < -0.3 is 4.57 Å². The molecular weight excluding hydrogens is 98.1 g/mol. The minimum absolute atomic E-state index is 0. The van der Waals surface area contributed by atoms with E-state index in [1.807, 2.05) is 0 Å². The van der Waals surface area contributed by atoms with Crippen LogP contribution in [0.15, 0.2) is 24.4 Å². The molecule has 1 aromatic heterocycles. The van der Waals surface area contributed by atoms with Crippen molar-refractivity contribution in [3.8, 4) is 0 Å². The summed E-state index contributed by atoms with van der Waals surface area (Å²) in [6.45, 7) is 0. The van der Waals surface area contributed by atoms with E-state index in [-0.39, 0.29) is 1.43 Å². The fourth-order valence-corrected chi connectivity index (χ4v) is 1.03. The van der Waals surface area contributed by atoms with E-state index in [1.54, 1.807) is 0 Å². The summed E-state index contributed by atoms with van der Waals surface area (Å²) in [5.74, 6) is 0. The second kappa shape index (κ2) is 1.25. The Balaban J connectivity index is 0.000000405. The van der Waals surface area contributed by atoms with Crippen LogP contribution in [0.1, 0.15) is 7.12 Å². The lowest BCUT2D eigenvalue weighted by Gasteiger charge is -1.88. The monoisotopic (exact) mass is 106 g/mol. The number of allylic oxidation sites excluding steroid dienone is 1. The van der Waals surface area contributed by atoms with Crippen LogP contribution in [0.5, 0.6) is 0 Å². The Morgan fingerprint density at radius 2 is 2.62 bits per heavy atom. The van der Waals surface area contributed by atoms with Crippen molar-refractivity contribution in [2.45, 2.75) is 6.42 Å². The normalized spacial score (nSPS) is 14.5. The van der Waals surface area contributed by atoms with Crippen LogP contribution in [0.3, 0.4) is 0 Å². The predicted molar refractivity (Wildman–Crippen MR) is 34.6 cm³/mol. The molecule has 1 nitrogen and oxygen atoms in total. The number of rotatable bonds is 0. The first-order chi connectivity index (χ1) is 3.97. The van der Waals surface area contributed by atoms with Gasteiger partial charge in [0.1, 0.15) is 0 Å². The highest BCUT2D eigenvalue weighted by Crippen LogP contribution is 2.10. The van der Waals surface area contributed by atoms with Gasteiger partial charge >= 0.3 is 1.43 Å². The van der Waals surface area contributed by atoms with Gasteiger partial charge in [-0.25, -0.2) is 0 Å². The molecule has 2 heterocycles. The highest BCUT2D eigenvalue weighted by molar-refractivity contribution is 5.36. The minimum Gasteiger partial charge on any atom is -0.328 e. The number of aromatic nitrogens is 1. The molecule has 0 aromatic carbocycles. The molecule has 40 valence electrons. The number of fused-ring (bicyclic) bond motifs is 1. The summed E-state index contributed by atoms with van der Waals surface area (Å²) < 4.78 is 2.14. The average molecular weight is 106 g/mol. The van der Waals surface area contributed by atoms with E-state index < -0.39 is 0 Å². The largest absolute Gasteiger partial charge is 1.00 e. The zero-order chi connectivity index (χ0) is 5.40. The van der Waals surface area contributed by atoms with Crippen LogP contribution >= 0.6 is 0 Å². The van der Waals surface area contributed by atoms with E-state index in [0.29, 0.717) is 0 Å². The maximum absolute atomic E-state index is 2.16. The van der Waals surface area contributed by atoms with Crippen LogP contribution in [0, 0.1) is 0 Å². The van der Waals surface area contributed by atoms with Crippen LogP contribution < -0.4 is 0 Å². The van der Waals surface area contributed by atoms with E-state index >= 15 is 0 Å². The number of nitrogens with zero attached hydrogens (tertiary/aromatic N) is 1. The molecule has 1 aromatic rings. The summed E-state index contributed by atoms with van der Waals surface area (Å²) in [6, 6.07) is 4.21. The smallest absolute Gasteiger partial charge is 0.328 e. The van der Waals surface area contributed by atoms with Crippen LogP contribution in [-0.4, -0.2) is 4.57 Å². The van der Waals surface area contributed by atoms with E-state index in [2.05, 4.69) is 35.2 Å². The second-order valence-electron chi connectivity index (χ2n) is 2.00. The molecule has 1 aliphatic rings. The Morgan fingerprint density at radius 3 is 3.50 bits per heavy atom. The topological polar surface area (TPSA) is 4.93 Å². The molecule has 2 rings (SSSR count). The van der Waals surface area contributed by atoms with Gasteiger partial charge in [0.15, 0.2) is 0 Å². The molecule has 0 amide bonds. The fourth-order valence-electron chi connectivity index (χ4n) is 1.03. The maximum Gasteiger partial charge on any atom is 1.00 e. The molecule has 0 N–H and O–H groups in total. The standard InChI is InChI=1S/C7H7N/c1-3-7-4-2-6-8(7)5-1/h1-3,5-6H,4H2/p+1. The minimum atomic E-state index is 0. The van der Waals surface area contributed by atoms with Crippen molar-refractivity contribution in [3.05, 3.63) is 30.1 Å². The van der Waals surface area contributed by atoms with Gasteiger partial charge in [-0.05, 0) is 12.1 Å². The molecular formula is C7H8N+. The summed E-state index contributed by atoms with van der Waals surface area (Å²) >= 11 is 0. The van der Waals surface area contributed by atoms with Crippen molar-refractivity contribution in [1.29, 1.82) is 0 Å². The van der Waals surface area contributed by atoms with Gasteiger partial charge in [-0.3, -0.25) is 0 Å². The van der Waals surface area contributed by atoms with Gasteiger partial charge in [-0.1, -0.05) is 6.08 Å². The van der Waals surface area contributed by atoms with Crippen molar-refractivity contribution in [2.75, 3.05) is 0 Å². The molecule has 1 aliphatic heterocycles. The van der Waals surface area contributed by atoms with Crippen LogP contribution in [0.25, 0.3) is 6.20 Å². The van der Waals surface area contributed by atoms with Gasteiger partial charge in [0.05, 0.1) is 0 Å². The first-order valence-corrected chi connectivity index (χ1v) is 2.79. The lowest BCUT2D eigenvalue weighted by Crippen LogP contribution is -1.81. The van der Waals surface area contributed by atoms with Crippen molar-refractivity contribution in [2.24, 2.45) is 0 Å². The Labute approximate surface area is 49.7 Å². The van der Waals surface area contributed by atoms with Crippen LogP contribution in [-0.2, 0) is 6.42 Å². The van der Waals surface area contributed by atoms with Gasteiger partial charge in [-0.15, -0.1) is 0 Å². The van der Waals surface area contributed by atoms with Crippen molar-refractivity contribution < 1.29 is 1.43 Å². The third-order valence-electron chi connectivity index (χ3n) is 1.46. The van der Waals surface area contributed by atoms with Gasteiger partial charge in [0.25, 0.3) is 0 Å².